The van der Waals surface area contributed by atoms with Gasteiger partial charge in [-0.05, 0) is 25.1 Å². The van der Waals surface area contributed by atoms with Crippen molar-refractivity contribution < 1.29 is 27.8 Å². The summed E-state index contributed by atoms with van der Waals surface area (Å²) in [6.45, 7) is -1.58. The zero-order chi connectivity index (χ0) is 15.6. The number of benzene rings is 1. The van der Waals surface area contributed by atoms with E-state index in [2.05, 4.69) is 9.72 Å². The number of aromatic nitrogens is 1. The van der Waals surface area contributed by atoms with Gasteiger partial charge >= 0.3 is 12.6 Å². The molecule has 2 rings (SSSR count). The normalized spacial score (nSPS) is 10.7. The van der Waals surface area contributed by atoms with E-state index in [1.807, 2.05) is 0 Å². The molecule has 0 radical (unpaired) electrons. The summed E-state index contributed by atoms with van der Waals surface area (Å²) < 4.78 is 43.1. The molecule has 7 heteroatoms. The highest BCUT2D eigenvalue weighted by molar-refractivity contribution is 5.96. The monoisotopic (exact) mass is 297 g/mol. The quantitative estimate of drug-likeness (QED) is 0.938. The summed E-state index contributed by atoms with van der Waals surface area (Å²) in [5, 5.41) is 9.13. The number of aromatic carboxylic acids is 1. The van der Waals surface area contributed by atoms with Crippen LogP contribution in [0.4, 0.5) is 13.2 Å². The highest BCUT2D eigenvalue weighted by atomic mass is 19.3. The van der Waals surface area contributed by atoms with Gasteiger partial charge in [-0.25, -0.2) is 9.18 Å². The Labute approximate surface area is 117 Å². The summed E-state index contributed by atoms with van der Waals surface area (Å²) in [6.07, 6.45) is 1.05. The van der Waals surface area contributed by atoms with Crippen LogP contribution in [-0.2, 0) is 0 Å². The molecule has 0 aliphatic heterocycles. The number of alkyl halides is 2. The third-order valence-corrected chi connectivity index (χ3v) is 2.73. The summed E-state index contributed by atoms with van der Waals surface area (Å²) in [4.78, 5) is 15.0. The maximum atomic E-state index is 14.0. The molecule has 0 amide bonds. The van der Waals surface area contributed by atoms with E-state index in [-0.39, 0.29) is 16.7 Å². The molecule has 2 aromatic rings. The molecule has 0 fully saturated rings. The lowest BCUT2D eigenvalue weighted by Crippen LogP contribution is -2.07. The lowest BCUT2D eigenvalue weighted by molar-refractivity contribution is -0.0495. The van der Waals surface area contributed by atoms with Crippen molar-refractivity contribution in [3.05, 3.63) is 47.5 Å². The molecule has 4 nitrogen and oxygen atoms in total. The first-order valence-electron chi connectivity index (χ1n) is 5.83. The van der Waals surface area contributed by atoms with E-state index in [1.165, 1.54) is 12.1 Å². The average Bonchev–Trinajstić information content (AvgIpc) is 2.37. The number of carboxylic acids is 1. The Kier molecular flexibility index (Phi) is 4.11. The van der Waals surface area contributed by atoms with Crippen molar-refractivity contribution in [3.8, 4) is 16.9 Å². The Morgan fingerprint density at radius 2 is 2.10 bits per heavy atom. The molecule has 0 spiro atoms. The van der Waals surface area contributed by atoms with Crippen molar-refractivity contribution in [2.24, 2.45) is 0 Å². The van der Waals surface area contributed by atoms with Gasteiger partial charge in [0, 0.05) is 17.5 Å². The van der Waals surface area contributed by atoms with Gasteiger partial charge in [-0.3, -0.25) is 4.98 Å². The van der Waals surface area contributed by atoms with E-state index in [4.69, 9.17) is 5.11 Å². The number of rotatable bonds is 4. The van der Waals surface area contributed by atoms with Crippen LogP contribution >= 0.6 is 0 Å². The molecular formula is C14H10F3NO3. The number of halogens is 3. The minimum Gasteiger partial charge on any atom is -0.478 e. The molecule has 0 bridgehead atoms. The van der Waals surface area contributed by atoms with Gasteiger partial charge in [0.25, 0.3) is 0 Å². The first-order valence-corrected chi connectivity index (χ1v) is 5.83. The number of aryl methyl sites for hydroxylation is 1. The highest BCUT2D eigenvalue weighted by Gasteiger charge is 2.21. The maximum absolute atomic E-state index is 14.0. The molecule has 1 N–H and O–H groups in total. The minimum atomic E-state index is -3.15. The van der Waals surface area contributed by atoms with Crippen LogP contribution in [0.1, 0.15) is 16.1 Å². The van der Waals surface area contributed by atoms with E-state index in [0.29, 0.717) is 5.69 Å². The summed E-state index contributed by atoms with van der Waals surface area (Å²) in [5.74, 6) is -2.64. The van der Waals surface area contributed by atoms with Crippen LogP contribution in [0.5, 0.6) is 5.75 Å². The summed E-state index contributed by atoms with van der Waals surface area (Å²) in [5.41, 5.74) is -0.282. The van der Waals surface area contributed by atoms with E-state index in [1.54, 1.807) is 6.92 Å². The van der Waals surface area contributed by atoms with Crippen LogP contribution in [0.3, 0.4) is 0 Å². The van der Waals surface area contributed by atoms with E-state index >= 15 is 0 Å². The minimum absolute atomic E-state index is 0.0660. The molecule has 1 heterocycles. The molecule has 0 saturated carbocycles. The first kappa shape index (κ1) is 14.8. The number of ether oxygens (including phenoxy) is 1. The summed E-state index contributed by atoms with van der Waals surface area (Å²) in [6, 6.07) is 4.69. The van der Waals surface area contributed by atoms with Crippen molar-refractivity contribution in [1.29, 1.82) is 0 Å². The zero-order valence-corrected chi connectivity index (χ0v) is 10.8. The van der Waals surface area contributed by atoms with Gasteiger partial charge in [0.15, 0.2) is 0 Å². The second kappa shape index (κ2) is 5.82. The number of pyridine rings is 1. The Bertz CT molecular complexity index is 689. The van der Waals surface area contributed by atoms with Crippen LogP contribution in [0.2, 0.25) is 0 Å². The second-order valence-corrected chi connectivity index (χ2v) is 4.17. The van der Waals surface area contributed by atoms with Gasteiger partial charge in [-0.2, -0.15) is 8.78 Å². The predicted molar refractivity (Wildman–Crippen MR) is 68.0 cm³/mol. The molecule has 0 unspecified atom stereocenters. The molecule has 0 saturated heterocycles. The highest BCUT2D eigenvalue weighted by Crippen LogP contribution is 2.35. The van der Waals surface area contributed by atoms with E-state index in [0.717, 1.165) is 18.3 Å². The summed E-state index contributed by atoms with van der Waals surface area (Å²) in [7, 11) is 0. The first-order chi connectivity index (χ1) is 9.90. The second-order valence-electron chi connectivity index (χ2n) is 4.17. The number of hydrogen-bond donors (Lipinski definition) is 1. The Balaban J connectivity index is 2.71. The lowest BCUT2D eigenvalue weighted by Gasteiger charge is -2.13. The number of nitrogens with zero attached hydrogens (tertiary/aromatic N) is 1. The lowest BCUT2D eigenvalue weighted by atomic mass is 9.99. The van der Waals surface area contributed by atoms with Crippen LogP contribution in [0.25, 0.3) is 11.1 Å². The van der Waals surface area contributed by atoms with Crippen LogP contribution in [0, 0.1) is 12.7 Å². The summed E-state index contributed by atoms with van der Waals surface area (Å²) >= 11 is 0. The Hall–Kier alpha value is -2.57. The van der Waals surface area contributed by atoms with E-state index in [9.17, 15) is 18.0 Å². The zero-order valence-electron chi connectivity index (χ0n) is 10.8. The molecule has 21 heavy (non-hydrogen) atoms. The van der Waals surface area contributed by atoms with Gasteiger partial charge in [0.1, 0.15) is 11.6 Å². The van der Waals surface area contributed by atoms with Crippen molar-refractivity contribution in [3.63, 3.8) is 0 Å². The van der Waals surface area contributed by atoms with Gasteiger partial charge in [0.2, 0.25) is 0 Å². The van der Waals surface area contributed by atoms with Crippen LogP contribution in [0.15, 0.2) is 30.5 Å². The largest absolute Gasteiger partial charge is 0.478 e. The molecule has 0 aliphatic rings. The SMILES string of the molecule is Cc1cc(-c2c(F)cccc2OC(F)F)c(C(=O)O)cn1. The molecule has 0 aliphatic carbocycles. The molecule has 110 valence electrons. The van der Waals surface area contributed by atoms with E-state index < -0.39 is 24.1 Å². The molecular weight excluding hydrogens is 287 g/mol. The fourth-order valence-electron chi connectivity index (χ4n) is 1.90. The molecule has 1 aromatic carbocycles. The van der Waals surface area contributed by atoms with Crippen molar-refractivity contribution in [2.45, 2.75) is 13.5 Å². The third kappa shape index (κ3) is 3.13. The average molecular weight is 297 g/mol. The van der Waals surface area contributed by atoms with Gasteiger partial charge in [-0.15, -0.1) is 0 Å². The van der Waals surface area contributed by atoms with Gasteiger partial charge < -0.3 is 9.84 Å². The van der Waals surface area contributed by atoms with Crippen molar-refractivity contribution in [2.75, 3.05) is 0 Å². The van der Waals surface area contributed by atoms with Gasteiger partial charge in [-0.1, -0.05) is 6.07 Å². The van der Waals surface area contributed by atoms with Crippen molar-refractivity contribution >= 4 is 5.97 Å². The third-order valence-electron chi connectivity index (χ3n) is 2.73. The maximum Gasteiger partial charge on any atom is 0.387 e. The fraction of sp³-hybridized carbons (Fsp3) is 0.143. The Morgan fingerprint density at radius 3 is 2.71 bits per heavy atom. The predicted octanol–water partition coefficient (Wildman–Crippen LogP) is 3.50. The number of carboxylic acid groups (broad SMARTS) is 1. The standard InChI is InChI=1S/C14H10F3NO3/c1-7-5-8(9(6-18-7)13(19)20)12-10(15)3-2-4-11(12)21-14(16)17/h2-6,14H,1H3,(H,19,20). The van der Waals surface area contributed by atoms with Crippen LogP contribution < -0.4 is 4.74 Å². The fourth-order valence-corrected chi connectivity index (χ4v) is 1.90. The molecule has 0 atom stereocenters. The number of carbonyl (C=O) groups is 1. The van der Waals surface area contributed by atoms with Crippen molar-refractivity contribution in [1.82, 2.24) is 4.98 Å². The van der Waals surface area contributed by atoms with Gasteiger partial charge in [0.05, 0.1) is 11.1 Å². The molecule has 1 aromatic heterocycles. The number of hydrogen-bond acceptors (Lipinski definition) is 3. The smallest absolute Gasteiger partial charge is 0.387 e. The topological polar surface area (TPSA) is 59.4 Å². The van der Waals surface area contributed by atoms with Crippen LogP contribution in [-0.4, -0.2) is 22.7 Å². The Morgan fingerprint density at radius 1 is 1.38 bits per heavy atom.